The van der Waals surface area contributed by atoms with Crippen LogP contribution in [0.5, 0.6) is 0 Å². The highest BCUT2D eigenvalue weighted by Gasteiger charge is 2.24. The lowest BCUT2D eigenvalue weighted by Gasteiger charge is -2.26. The Morgan fingerprint density at radius 1 is 1.08 bits per heavy atom. The van der Waals surface area contributed by atoms with Crippen LogP contribution in [0.25, 0.3) is 10.8 Å². The van der Waals surface area contributed by atoms with Crippen LogP contribution in [0.1, 0.15) is 53.5 Å². The molecule has 0 aromatic heterocycles. The van der Waals surface area contributed by atoms with Gasteiger partial charge in [-0.05, 0) is 70.7 Å². The molecule has 0 saturated carbocycles. The second-order valence-corrected chi connectivity index (χ2v) is 7.31. The number of aryl methyl sites for hydroxylation is 1. The second kappa shape index (κ2) is 6.92. The number of fused-ring (bicyclic) bond motifs is 2. The van der Waals surface area contributed by atoms with E-state index in [1.165, 1.54) is 21.9 Å². The van der Waals surface area contributed by atoms with Crippen LogP contribution in [0, 0.1) is 17.1 Å². The van der Waals surface area contributed by atoms with E-state index in [-0.39, 0.29) is 11.4 Å². The summed E-state index contributed by atoms with van der Waals surface area (Å²) in [4.78, 5) is 0. The van der Waals surface area contributed by atoms with Crippen LogP contribution in [-0.4, -0.2) is 0 Å². The molecule has 0 spiro atoms. The van der Waals surface area contributed by atoms with E-state index in [0.29, 0.717) is 12.3 Å². The van der Waals surface area contributed by atoms with Crippen LogP contribution in [-0.2, 0) is 19.3 Å². The maximum Gasteiger partial charge on any atom is 0.144 e. The minimum absolute atomic E-state index is 0.163. The number of benzene rings is 3. The second-order valence-electron chi connectivity index (χ2n) is 7.31. The molecule has 1 atom stereocenters. The largest absolute Gasteiger partial charge is 0.205 e. The highest BCUT2D eigenvalue weighted by molar-refractivity contribution is 5.84. The first kappa shape index (κ1) is 16.8. The van der Waals surface area contributed by atoms with Crippen LogP contribution >= 0.6 is 0 Å². The molecule has 4 rings (SSSR count). The third-order valence-electron chi connectivity index (χ3n) is 5.61. The van der Waals surface area contributed by atoms with Crippen LogP contribution in [0.2, 0.25) is 0 Å². The fourth-order valence-corrected chi connectivity index (χ4v) is 4.19. The Labute approximate surface area is 154 Å². The van der Waals surface area contributed by atoms with Crippen LogP contribution in [0.15, 0.2) is 48.5 Å². The van der Waals surface area contributed by atoms with Crippen molar-refractivity contribution in [2.45, 2.75) is 44.9 Å². The topological polar surface area (TPSA) is 23.8 Å². The highest BCUT2D eigenvalue weighted by Crippen LogP contribution is 2.35. The summed E-state index contributed by atoms with van der Waals surface area (Å²) >= 11 is 0. The standard InChI is InChI=1S/C24H22FN/c1-2-3-16-4-5-18-13-19(7-6-17(18)12-16)20-10-11-23-21(14-20)8-9-22(15-26)24(23)25/h4-9,12-13,20H,2-3,10-11,14H2,1H3. The van der Waals surface area contributed by atoms with Crippen molar-refractivity contribution >= 4 is 10.8 Å². The van der Waals surface area contributed by atoms with Gasteiger partial charge in [0, 0.05) is 0 Å². The van der Waals surface area contributed by atoms with Gasteiger partial charge in [0.25, 0.3) is 0 Å². The summed E-state index contributed by atoms with van der Waals surface area (Å²) in [5, 5.41) is 11.6. The summed E-state index contributed by atoms with van der Waals surface area (Å²) in [6, 6.07) is 19.0. The molecule has 0 heterocycles. The molecule has 0 amide bonds. The summed E-state index contributed by atoms with van der Waals surface area (Å²) in [7, 11) is 0. The molecule has 0 saturated heterocycles. The average molecular weight is 343 g/mol. The lowest BCUT2D eigenvalue weighted by molar-refractivity contribution is 0.540. The molecule has 0 bridgehead atoms. The van der Waals surface area contributed by atoms with Gasteiger partial charge in [-0.3, -0.25) is 0 Å². The molecule has 0 aliphatic heterocycles. The molecule has 2 heteroatoms. The average Bonchev–Trinajstić information content (AvgIpc) is 2.68. The number of nitrogens with zero attached hydrogens (tertiary/aromatic N) is 1. The van der Waals surface area contributed by atoms with E-state index in [4.69, 9.17) is 5.26 Å². The normalized spacial score (nSPS) is 16.3. The molecular weight excluding hydrogens is 321 g/mol. The first-order chi connectivity index (χ1) is 12.7. The van der Waals surface area contributed by atoms with Crippen molar-refractivity contribution in [1.82, 2.24) is 0 Å². The van der Waals surface area contributed by atoms with E-state index in [1.807, 2.05) is 12.1 Å². The lowest BCUT2D eigenvalue weighted by Crippen LogP contribution is -2.15. The summed E-state index contributed by atoms with van der Waals surface area (Å²) in [6.07, 6.45) is 4.76. The van der Waals surface area contributed by atoms with Gasteiger partial charge in [-0.15, -0.1) is 0 Å². The van der Waals surface area contributed by atoms with Gasteiger partial charge < -0.3 is 0 Å². The fraction of sp³-hybridized carbons (Fsp3) is 0.292. The molecule has 1 aliphatic rings. The predicted molar refractivity (Wildman–Crippen MR) is 104 cm³/mol. The van der Waals surface area contributed by atoms with Crippen molar-refractivity contribution in [3.63, 3.8) is 0 Å². The van der Waals surface area contributed by atoms with Crippen LogP contribution in [0.3, 0.4) is 0 Å². The van der Waals surface area contributed by atoms with Crippen molar-refractivity contribution in [3.05, 3.63) is 82.2 Å². The van der Waals surface area contributed by atoms with Crippen molar-refractivity contribution in [1.29, 1.82) is 5.26 Å². The SMILES string of the molecule is CCCc1ccc2cc(C3CCc4c(ccc(C#N)c4F)C3)ccc2c1. The zero-order valence-electron chi connectivity index (χ0n) is 15.1. The molecule has 0 N–H and O–H groups in total. The van der Waals surface area contributed by atoms with Crippen LogP contribution < -0.4 is 0 Å². The van der Waals surface area contributed by atoms with E-state index in [9.17, 15) is 4.39 Å². The Hall–Kier alpha value is -2.66. The molecule has 26 heavy (non-hydrogen) atoms. The van der Waals surface area contributed by atoms with E-state index < -0.39 is 0 Å². The van der Waals surface area contributed by atoms with Crippen molar-refractivity contribution in [2.24, 2.45) is 0 Å². The number of hydrogen-bond donors (Lipinski definition) is 0. The van der Waals surface area contributed by atoms with Crippen LogP contribution in [0.4, 0.5) is 4.39 Å². The summed E-state index contributed by atoms with van der Waals surface area (Å²) in [6.45, 7) is 2.20. The van der Waals surface area contributed by atoms with Gasteiger partial charge in [-0.25, -0.2) is 4.39 Å². The monoisotopic (exact) mass is 343 g/mol. The third-order valence-corrected chi connectivity index (χ3v) is 5.61. The van der Waals surface area contributed by atoms with Gasteiger partial charge in [0.05, 0.1) is 5.56 Å². The lowest BCUT2D eigenvalue weighted by atomic mass is 9.79. The quantitative estimate of drug-likeness (QED) is 0.566. The summed E-state index contributed by atoms with van der Waals surface area (Å²) in [5.41, 5.74) is 4.68. The smallest absolute Gasteiger partial charge is 0.144 e. The minimum Gasteiger partial charge on any atom is -0.205 e. The number of hydrogen-bond acceptors (Lipinski definition) is 1. The number of rotatable bonds is 3. The molecular formula is C24H22FN. The van der Waals surface area contributed by atoms with Crippen molar-refractivity contribution in [3.8, 4) is 6.07 Å². The molecule has 0 fully saturated rings. The number of nitriles is 1. The molecule has 0 radical (unpaired) electrons. The Kier molecular flexibility index (Phi) is 4.47. The molecule has 1 nitrogen and oxygen atoms in total. The van der Waals surface area contributed by atoms with Gasteiger partial charge in [0.2, 0.25) is 0 Å². The predicted octanol–water partition coefficient (Wildman–Crippen LogP) is 6.08. The van der Waals surface area contributed by atoms with Gasteiger partial charge >= 0.3 is 0 Å². The van der Waals surface area contributed by atoms with Crippen molar-refractivity contribution < 1.29 is 4.39 Å². The summed E-state index contributed by atoms with van der Waals surface area (Å²) in [5.74, 6) is 0.0972. The Morgan fingerprint density at radius 2 is 1.88 bits per heavy atom. The molecule has 3 aromatic rings. The Morgan fingerprint density at radius 3 is 2.69 bits per heavy atom. The maximum atomic E-state index is 14.4. The molecule has 1 unspecified atom stereocenters. The minimum atomic E-state index is -0.314. The molecule has 3 aromatic carbocycles. The highest BCUT2D eigenvalue weighted by atomic mass is 19.1. The van der Waals surface area contributed by atoms with Gasteiger partial charge in [-0.1, -0.05) is 55.8 Å². The Balaban J connectivity index is 1.63. The summed E-state index contributed by atoms with van der Waals surface area (Å²) < 4.78 is 14.4. The van der Waals surface area contributed by atoms with E-state index >= 15 is 0 Å². The zero-order chi connectivity index (χ0) is 18.1. The zero-order valence-corrected chi connectivity index (χ0v) is 15.1. The van der Waals surface area contributed by atoms with Gasteiger partial charge in [-0.2, -0.15) is 5.26 Å². The van der Waals surface area contributed by atoms with E-state index in [2.05, 4.69) is 43.3 Å². The first-order valence-corrected chi connectivity index (χ1v) is 9.42. The van der Waals surface area contributed by atoms with E-state index in [0.717, 1.165) is 36.8 Å². The number of halogens is 1. The fourth-order valence-electron chi connectivity index (χ4n) is 4.19. The third kappa shape index (κ3) is 2.99. The van der Waals surface area contributed by atoms with Crippen molar-refractivity contribution in [2.75, 3.05) is 0 Å². The first-order valence-electron chi connectivity index (χ1n) is 9.42. The van der Waals surface area contributed by atoms with Gasteiger partial charge in [0.15, 0.2) is 0 Å². The Bertz CT molecular complexity index is 1010. The molecule has 1 aliphatic carbocycles. The van der Waals surface area contributed by atoms with Gasteiger partial charge in [0.1, 0.15) is 11.9 Å². The van der Waals surface area contributed by atoms with E-state index in [1.54, 1.807) is 6.07 Å². The maximum absolute atomic E-state index is 14.4. The molecule has 130 valence electrons.